The lowest BCUT2D eigenvalue weighted by molar-refractivity contribution is 0.411. The van der Waals surface area contributed by atoms with Crippen LogP contribution in [0.15, 0.2) is 40.9 Å². The third-order valence-electron chi connectivity index (χ3n) is 3.19. The Morgan fingerprint density at radius 3 is 2.60 bits per heavy atom. The molecule has 0 saturated heterocycles. The minimum atomic E-state index is -0.419. The highest BCUT2D eigenvalue weighted by Crippen LogP contribution is 2.29. The molecule has 0 heterocycles. The van der Waals surface area contributed by atoms with Gasteiger partial charge in [0.2, 0.25) is 0 Å². The van der Waals surface area contributed by atoms with Crippen molar-refractivity contribution in [2.45, 2.75) is 13.0 Å². The summed E-state index contributed by atoms with van der Waals surface area (Å²) >= 11 is 3.35. The molecule has 0 aliphatic rings. The molecule has 0 amide bonds. The Labute approximate surface area is 126 Å². The maximum atomic E-state index is 14.0. The fourth-order valence-electron chi connectivity index (χ4n) is 2.18. The van der Waals surface area contributed by atoms with Crippen LogP contribution in [0.2, 0.25) is 0 Å². The molecule has 1 atom stereocenters. The Morgan fingerprint density at radius 2 is 2.00 bits per heavy atom. The number of methoxy groups -OCH3 is 1. The summed E-state index contributed by atoms with van der Waals surface area (Å²) in [4.78, 5) is 0. The number of ether oxygens (including phenoxy) is 1. The van der Waals surface area contributed by atoms with E-state index < -0.39 is 6.04 Å². The zero-order chi connectivity index (χ0) is 14.7. The van der Waals surface area contributed by atoms with E-state index in [0.717, 1.165) is 21.3 Å². The minimum Gasteiger partial charge on any atom is -0.496 e. The van der Waals surface area contributed by atoms with Gasteiger partial charge in [0.15, 0.2) is 0 Å². The second kappa shape index (κ2) is 6.35. The molecule has 5 heteroatoms. The smallest absolute Gasteiger partial charge is 0.128 e. The Bertz CT molecular complexity index is 619. The number of hydrazine groups is 1. The summed E-state index contributed by atoms with van der Waals surface area (Å²) in [6.07, 6.45) is 0. The van der Waals surface area contributed by atoms with Crippen LogP contribution in [-0.2, 0) is 0 Å². The number of rotatable bonds is 4. The topological polar surface area (TPSA) is 47.3 Å². The first kappa shape index (κ1) is 15.0. The third kappa shape index (κ3) is 3.00. The van der Waals surface area contributed by atoms with Gasteiger partial charge in [-0.1, -0.05) is 28.1 Å². The first-order valence-electron chi connectivity index (χ1n) is 6.12. The van der Waals surface area contributed by atoms with Gasteiger partial charge in [-0.25, -0.2) is 9.82 Å². The summed E-state index contributed by atoms with van der Waals surface area (Å²) < 4.78 is 20.0. The standard InChI is InChI=1S/C15H16BrFN2O/c1-9-7-10(3-6-14(9)20-2)15(19-18)12-8-11(16)4-5-13(12)17/h3-8,15,19H,18H2,1-2H3. The minimum absolute atomic E-state index is 0.301. The first-order valence-corrected chi connectivity index (χ1v) is 6.91. The largest absolute Gasteiger partial charge is 0.496 e. The summed E-state index contributed by atoms with van der Waals surface area (Å²) in [6.45, 7) is 1.94. The molecule has 0 bridgehead atoms. The predicted molar refractivity (Wildman–Crippen MR) is 81.0 cm³/mol. The van der Waals surface area contributed by atoms with Gasteiger partial charge in [-0.3, -0.25) is 5.84 Å². The van der Waals surface area contributed by atoms with Gasteiger partial charge >= 0.3 is 0 Å². The monoisotopic (exact) mass is 338 g/mol. The van der Waals surface area contributed by atoms with Gasteiger partial charge in [-0.2, -0.15) is 0 Å². The van der Waals surface area contributed by atoms with E-state index in [0.29, 0.717) is 5.56 Å². The predicted octanol–water partition coefficient (Wildman–Crippen LogP) is 3.46. The molecule has 2 aromatic carbocycles. The number of halogens is 2. The fourth-order valence-corrected chi connectivity index (χ4v) is 2.56. The lowest BCUT2D eigenvalue weighted by atomic mass is 9.97. The van der Waals surface area contributed by atoms with Crippen LogP contribution in [0.3, 0.4) is 0 Å². The molecule has 20 heavy (non-hydrogen) atoms. The lowest BCUT2D eigenvalue weighted by Crippen LogP contribution is -2.29. The molecule has 0 fully saturated rings. The van der Waals surface area contributed by atoms with Gasteiger partial charge in [-0.15, -0.1) is 0 Å². The van der Waals surface area contributed by atoms with Crippen LogP contribution in [0, 0.1) is 12.7 Å². The highest BCUT2D eigenvalue weighted by molar-refractivity contribution is 9.10. The molecule has 0 aromatic heterocycles. The Kier molecular flexibility index (Phi) is 4.75. The molecule has 1 unspecified atom stereocenters. The Morgan fingerprint density at radius 1 is 1.25 bits per heavy atom. The number of benzene rings is 2. The molecule has 3 N–H and O–H groups in total. The summed E-state index contributed by atoms with van der Waals surface area (Å²) in [7, 11) is 1.62. The zero-order valence-corrected chi connectivity index (χ0v) is 12.9. The number of aryl methyl sites for hydroxylation is 1. The molecule has 0 radical (unpaired) electrons. The molecule has 3 nitrogen and oxygen atoms in total. The molecule has 0 aliphatic carbocycles. The number of hydrogen-bond donors (Lipinski definition) is 2. The van der Waals surface area contributed by atoms with Crippen LogP contribution in [0.5, 0.6) is 5.75 Å². The van der Waals surface area contributed by atoms with Crippen molar-refractivity contribution < 1.29 is 9.13 Å². The van der Waals surface area contributed by atoms with E-state index in [2.05, 4.69) is 21.4 Å². The van der Waals surface area contributed by atoms with E-state index in [1.165, 1.54) is 6.07 Å². The summed E-state index contributed by atoms with van der Waals surface area (Å²) in [5.41, 5.74) is 5.01. The molecular formula is C15H16BrFN2O. The molecule has 106 valence electrons. The van der Waals surface area contributed by atoms with Crippen LogP contribution in [0.25, 0.3) is 0 Å². The van der Waals surface area contributed by atoms with Crippen molar-refractivity contribution >= 4 is 15.9 Å². The van der Waals surface area contributed by atoms with Gasteiger partial charge < -0.3 is 4.74 Å². The lowest BCUT2D eigenvalue weighted by Gasteiger charge is -2.19. The summed E-state index contributed by atoms with van der Waals surface area (Å²) in [6, 6.07) is 10.0. The Hall–Kier alpha value is -1.43. The maximum Gasteiger partial charge on any atom is 0.128 e. The first-order chi connectivity index (χ1) is 9.56. The van der Waals surface area contributed by atoms with Crippen LogP contribution in [0.1, 0.15) is 22.7 Å². The van der Waals surface area contributed by atoms with Crippen molar-refractivity contribution in [1.29, 1.82) is 0 Å². The van der Waals surface area contributed by atoms with Gasteiger partial charge in [0.05, 0.1) is 13.2 Å². The fraction of sp³-hybridized carbons (Fsp3) is 0.200. The number of nitrogens with two attached hydrogens (primary N) is 1. The van der Waals surface area contributed by atoms with Crippen LogP contribution < -0.4 is 16.0 Å². The van der Waals surface area contributed by atoms with E-state index >= 15 is 0 Å². The van der Waals surface area contributed by atoms with E-state index in [1.54, 1.807) is 19.2 Å². The summed E-state index contributed by atoms with van der Waals surface area (Å²) in [5, 5.41) is 0. The molecule has 2 rings (SSSR count). The maximum absolute atomic E-state index is 14.0. The molecule has 0 saturated carbocycles. The second-order valence-corrected chi connectivity index (χ2v) is 5.41. The molecular weight excluding hydrogens is 323 g/mol. The van der Waals surface area contributed by atoms with Crippen LogP contribution >= 0.6 is 15.9 Å². The highest BCUT2D eigenvalue weighted by Gasteiger charge is 2.17. The summed E-state index contributed by atoms with van der Waals surface area (Å²) in [5.74, 6) is 6.10. The van der Waals surface area contributed by atoms with Gasteiger partial charge in [0.1, 0.15) is 11.6 Å². The van der Waals surface area contributed by atoms with E-state index in [1.807, 2.05) is 25.1 Å². The van der Waals surface area contributed by atoms with E-state index in [-0.39, 0.29) is 5.82 Å². The van der Waals surface area contributed by atoms with E-state index in [4.69, 9.17) is 10.6 Å². The van der Waals surface area contributed by atoms with Gasteiger partial charge in [0.25, 0.3) is 0 Å². The van der Waals surface area contributed by atoms with Crippen molar-refractivity contribution in [3.63, 3.8) is 0 Å². The Balaban J connectivity index is 2.46. The third-order valence-corrected chi connectivity index (χ3v) is 3.68. The van der Waals surface area contributed by atoms with Crippen molar-refractivity contribution in [1.82, 2.24) is 5.43 Å². The van der Waals surface area contributed by atoms with Crippen LogP contribution in [0.4, 0.5) is 4.39 Å². The number of hydrogen-bond acceptors (Lipinski definition) is 3. The van der Waals surface area contributed by atoms with Crippen LogP contribution in [-0.4, -0.2) is 7.11 Å². The average molecular weight is 339 g/mol. The van der Waals surface area contributed by atoms with E-state index in [9.17, 15) is 4.39 Å². The van der Waals surface area contributed by atoms with Crippen molar-refractivity contribution in [2.24, 2.45) is 5.84 Å². The molecule has 2 aromatic rings. The van der Waals surface area contributed by atoms with Gasteiger partial charge in [0, 0.05) is 10.0 Å². The van der Waals surface area contributed by atoms with Crippen molar-refractivity contribution in [3.8, 4) is 5.75 Å². The molecule has 0 spiro atoms. The molecule has 0 aliphatic heterocycles. The van der Waals surface area contributed by atoms with Gasteiger partial charge in [-0.05, 0) is 42.3 Å². The van der Waals surface area contributed by atoms with Crippen molar-refractivity contribution in [3.05, 3.63) is 63.4 Å². The van der Waals surface area contributed by atoms with Crippen molar-refractivity contribution in [2.75, 3.05) is 7.11 Å². The quantitative estimate of drug-likeness (QED) is 0.663. The average Bonchev–Trinajstić information content (AvgIpc) is 2.44. The zero-order valence-electron chi connectivity index (χ0n) is 11.3. The normalized spacial score (nSPS) is 12.2. The SMILES string of the molecule is COc1ccc(C(NN)c2cc(Br)ccc2F)cc1C. The second-order valence-electron chi connectivity index (χ2n) is 4.49. The number of nitrogens with one attached hydrogen (secondary N) is 1. The highest BCUT2D eigenvalue weighted by atomic mass is 79.9.